The summed E-state index contributed by atoms with van der Waals surface area (Å²) in [4.78, 5) is 24.4. The number of rotatable bonds is 9. The Morgan fingerprint density at radius 1 is 0.962 bits per heavy atom. The molecule has 0 aromatic heterocycles. The predicted octanol–water partition coefficient (Wildman–Crippen LogP) is 4.49. The topological polar surface area (TPSA) is 55.4 Å². The molecule has 0 aliphatic rings. The molecule has 0 spiro atoms. The van der Waals surface area contributed by atoms with E-state index in [9.17, 15) is 9.59 Å². The summed E-state index contributed by atoms with van der Waals surface area (Å²) in [6.45, 7) is 6.57. The maximum atomic E-state index is 12.2. The minimum absolute atomic E-state index is 0.0387. The van der Waals surface area contributed by atoms with Crippen molar-refractivity contribution in [1.29, 1.82) is 0 Å². The predicted molar refractivity (Wildman–Crippen MR) is 104 cm³/mol. The van der Waals surface area contributed by atoms with Crippen molar-refractivity contribution >= 4 is 11.7 Å². The Morgan fingerprint density at radius 3 is 2.19 bits per heavy atom. The summed E-state index contributed by atoms with van der Waals surface area (Å²) in [5.74, 6) is 0.587. The number of Topliss-reactive ketones (excluding diaryl/α,β-unsaturated/α-hetero) is 1. The molecule has 0 bridgehead atoms. The minimum atomic E-state index is -0.114. The van der Waals surface area contributed by atoms with Crippen LogP contribution in [0.2, 0.25) is 0 Å². The van der Waals surface area contributed by atoms with Gasteiger partial charge in [0.15, 0.2) is 5.78 Å². The van der Waals surface area contributed by atoms with Crippen molar-refractivity contribution in [2.24, 2.45) is 0 Å². The number of aryl methyl sites for hydroxylation is 1. The van der Waals surface area contributed by atoms with E-state index in [-0.39, 0.29) is 30.6 Å². The van der Waals surface area contributed by atoms with Crippen molar-refractivity contribution in [3.8, 4) is 5.75 Å². The SMILES string of the molecule is CCOc1ccc(C(=O)CCC(=O)NC(C)c2ccc(CC)cc2)cc1. The Bertz CT molecular complexity index is 720. The molecule has 2 rings (SSSR count). The summed E-state index contributed by atoms with van der Waals surface area (Å²) in [5.41, 5.74) is 2.94. The molecule has 4 heteroatoms. The summed E-state index contributed by atoms with van der Waals surface area (Å²) in [7, 11) is 0. The Labute approximate surface area is 155 Å². The number of nitrogens with one attached hydrogen (secondary N) is 1. The summed E-state index contributed by atoms with van der Waals surface area (Å²) in [6, 6.07) is 15.2. The van der Waals surface area contributed by atoms with Crippen molar-refractivity contribution in [3.63, 3.8) is 0 Å². The second-order valence-corrected chi connectivity index (χ2v) is 6.26. The van der Waals surface area contributed by atoms with Gasteiger partial charge in [0.05, 0.1) is 12.6 Å². The van der Waals surface area contributed by atoms with E-state index in [1.165, 1.54) is 5.56 Å². The van der Waals surface area contributed by atoms with Gasteiger partial charge < -0.3 is 10.1 Å². The van der Waals surface area contributed by atoms with Crippen molar-refractivity contribution in [3.05, 3.63) is 65.2 Å². The van der Waals surface area contributed by atoms with Crippen LogP contribution in [-0.4, -0.2) is 18.3 Å². The van der Waals surface area contributed by atoms with E-state index < -0.39 is 0 Å². The number of ketones is 1. The summed E-state index contributed by atoms with van der Waals surface area (Å²) >= 11 is 0. The van der Waals surface area contributed by atoms with E-state index in [4.69, 9.17) is 4.74 Å². The van der Waals surface area contributed by atoms with Crippen LogP contribution in [0.1, 0.15) is 61.1 Å². The first kappa shape index (κ1) is 19.7. The molecule has 0 aliphatic heterocycles. The zero-order valence-electron chi connectivity index (χ0n) is 15.7. The molecule has 1 amide bonds. The van der Waals surface area contributed by atoms with Crippen molar-refractivity contribution in [2.45, 2.75) is 46.1 Å². The van der Waals surface area contributed by atoms with Gasteiger partial charge in [-0.05, 0) is 55.7 Å². The highest BCUT2D eigenvalue weighted by Crippen LogP contribution is 2.16. The highest BCUT2D eigenvalue weighted by Gasteiger charge is 2.12. The summed E-state index contributed by atoms with van der Waals surface area (Å²) < 4.78 is 5.36. The average molecular weight is 353 g/mol. The first-order valence-corrected chi connectivity index (χ1v) is 9.17. The molecule has 138 valence electrons. The molecular formula is C22H27NO3. The van der Waals surface area contributed by atoms with Crippen molar-refractivity contribution in [2.75, 3.05) is 6.61 Å². The maximum Gasteiger partial charge on any atom is 0.220 e. The third kappa shape index (κ3) is 5.73. The number of ether oxygens (including phenoxy) is 1. The Kier molecular flexibility index (Phi) is 7.39. The zero-order valence-corrected chi connectivity index (χ0v) is 15.7. The summed E-state index contributed by atoms with van der Waals surface area (Å²) in [6.07, 6.45) is 1.37. The molecule has 0 heterocycles. The Hall–Kier alpha value is -2.62. The van der Waals surface area contributed by atoms with Gasteiger partial charge in [-0.15, -0.1) is 0 Å². The lowest BCUT2D eigenvalue weighted by atomic mass is 10.0. The summed E-state index contributed by atoms with van der Waals surface area (Å²) in [5, 5.41) is 2.96. The number of carbonyl (C=O) groups is 2. The molecule has 0 saturated carbocycles. The normalized spacial score (nSPS) is 11.7. The number of hydrogen-bond donors (Lipinski definition) is 1. The number of benzene rings is 2. The van der Waals surface area contributed by atoms with E-state index >= 15 is 0 Å². The Morgan fingerprint density at radius 2 is 1.62 bits per heavy atom. The fraction of sp³-hybridized carbons (Fsp3) is 0.364. The first-order valence-electron chi connectivity index (χ1n) is 9.17. The van der Waals surface area contributed by atoms with E-state index in [0.29, 0.717) is 12.2 Å². The lowest BCUT2D eigenvalue weighted by molar-refractivity contribution is -0.121. The van der Waals surface area contributed by atoms with Gasteiger partial charge in [-0.3, -0.25) is 9.59 Å². The largest absolute Gasteiger partial charge is 0.494 e. The lowest BCUT2D eigenvalue weighted by Crippen LogP contribution is -2.26. The molecule has 0 aliphatic carbocycles. The van der Waals surface area contributed by atoms with Crippen molar-refractivity contribution < 1.29 is 14.3 Å². The minimum Gasteiger partial charge on any atom is -0.494 e. The second-order valence-electron chi connectivity index (χ2n) is 6.26. The molecule has 4 nitrogen and oxygen atoms in total. The van der Waals surface area contributed by atoms with E-state index in [1.54, 1.807) is 24.3 Å². The lowest BCUT2D eigenvalue weighted by Gasteiger charge is -2.14. The van der Waals surface area contributed by atoms with Gasteiger partial charge >= 0.3 is 0 Å². The highest BCUT2D eigenvalue weighted by atomic mass is 16.5. The molecule has 0 fully saturated rings. The molecule has 2 aromatic carbocycles. The van der Waals surface area contributed by atoms with Crippen LogP contribution >= 0.6 is 0 Å². The van der Waals surface area contributed by atoms with Gasteiger partial charge in [-0.1, -0.05) is 31.2 Å². The van der Waals surface area contributed by atoms with Gasteiger partial charge in [-0.2, -0.15) is 0 Å². The van der Waals surface area contributed by atoms with E-state index in [1.807, 2.05) is 26.0 Å². The van der Waals surface area contributed by atoms with E-state index in [0.717, 1.165) is 17.7 Å². The quantitative estimate of drug-likeness (QED) is 0.676. The maximum absolute atomic E-state index is 12.2. The standard InChI is InChI=1S/C22H27NO3/c1-4-17-6-8-18(9-7-17)16(3)23-22(25)15-14-21(24)19-10-12-20(13-11-19)26-5-2/h6-13,16H,4-5,14-15H2,1-3H3,(H,23,25). The van der Waals surface area contributed by atoms with Crippen LogP contribution in [-0.2, 0) is 11.2 Å². The molecule has 1 unspecified atom stereocenters. The smallest absolute Gasteiger partial charge is 0.220 e. The van der Waals surface area contributed by atoms with Crippen LogP contribution in [0.5, 0.6) is 5.75 Å². The third-order valence-electron chi connectivity index (χ3n) is 4.33. The second kappa shape index (κ2) is 9.76. The fourth-order valence-corrected chi connectivity index (χ4v) is 2.71. The fourth-order valence-electron chi connectivity index (χ4n) is 2.71. The van der Waals surface area contributed by atoms with Crippen molar-refractivity contribution in [1.82, 2.24) is 5.32 Å². The monoisotopic (exact) mass is 353 g/mol. The molecule has 2 aromatic rings. The molecule has 1 N–H and O–H groups in total. The van der Waals surface area contributed by atoms with Crippen LogP contribution in [0.4, 0.5) is 0 Å². The van der Waals surface area contributed by atoms with Gasteiger partial charge in [0, 0.05) is 18.4 Å². The number of hydrogen-bond acceptors (Lipinski definition) is 3. The molecule has 0 radical (unpaired) electrons. The first-order chi connectivity index (χ1) is 12.5. The zero-order chi connectivity index (χ0) is 18.9. The number of carbonyl (C=O) groups excluding carboxylic acids is 2. The third-order valence-corrected chi connectivity index (χ3v) is 4.33. The number of amides is 1. The van der Waals surface area contributed by atoms with Gasteiger partial charge in [0.1, 0.15) is 5.75 Å². The average Bonchev–Trinajstić information content (AvgIpc) is 2.67. The van der Waals surface area contributed by atoms with Crippen LogP contribution in [0.15, 0.2) is 48.5 Å². The van der Waals surface area contributed by atoms with Gasteiger partial charge in [-0.25, -0.2) is 0 Å². The molecule has 26 heavy (non-hydrogen) atoms. The molecular weight excluding hydrogens is 326 g/mol. The molecule has 0 saturated heterocycles. The van der Waals surface area contributed by atoms with Crippen LogP contribution < -0.4 is 10.1 Å². The van der Waals surface area contributed by atoms with E-state index in [2.05, 4.69) is 24.4 Å². The van der Waals surface area contributed by atoms with Crippen LogP contribution in [0.3, 0.4) is 0 Å². The van der Waals surface area contributed by atoms with Crippen LogP contribution in [0, 0.1) is 0 Å². The van der Waals surface area contributed by atoms with Crippen LogP contribution in [0.25, 0.3) is 0 Å². The Balaban J connectivity index is 1.82. The highest BCUT2D eigenvalue weighted by molar-refractivity contribution is 5.98. The van der Waals surface area contributed by atoms with Gasteiger partial charge in [0.2, 0.25) is 5.91 Å². The molecule has 1 atom stereocenters. The van der Waals surface area contributed by atoms with Gasteiger partial charge in [0.25, 0.3) is 0 Å².